The van der Waals surface area contributed by atoms with Gasteiger partial charge < -0.3 is 0 Å². The molecule has 0 saturated carbocycles. The molecule has 0 aliphatic heterocycles. The van der Waals surface area contributed by atoms with Gasteiger partial charge in [0.15, 0.2) is 0 Å². The van der Waals surface area contributed by atoms with Gasteiger partial charge >= 0.3 is 0 Å². The monoisotopic (exact) mass is 118 g/mol. The van der Waals surface area contributed by atoms with Gasteiger partial charge in [0.25, 0.3) is 0 Å². The van der Waals surface area contributed by atoms with Gasteiger partial charge in [0, 0.05) is 0 Å². The first-order valence-corrected chi connectivity index (χ1v) is 2.86. The summed E-state index contributed by atoms with van der Waals surface area (Å²) in [5, 5.41) is 0. The van der Waals surface area contributed by atoms with E-state index in [2.05, 4.69) is 23.8 Å². The molecular formula is C9H10. The number of rotatable bonds is 2. The van der Waals surface area contributed by atoms with Crippen LogP contribution in [0.1, 0.15) is 13.3 Å². The minimum absolute atomic E-state index is 0.838. The third-order valence-corrected chi connectivity index (χ3v) is 0.710. The summed E-state index contributed by atoms with van der Waals surface area (Å²) in [5.74, 6) is 0. The fourth-order valence-corrected chi connectivity index (χ4v) is 0.343. The van der Waals surface area contributed by atoms with Crippen LogP contribution in [0.5, 0.6) is 0 Å². The maximum Gasteiger partial charge on any atom is -0.00105 e. The van der Waals surface area contributed by atoms with Crippen molar-refractivity contribution in [2.75, 3.05) is 0 Å². The maximum absolute atomic E-state index is 3.42. The van der Waals surface area contributed by atoms with Crippen LogP contribution < -0.4 is 0 Å². The lowest BCUT2D eigenvalue weighted by atomic mass is 10.4. The molecule has 0 aromatic heterocycles. The largest absolute Gasteiger partial charge is 0.133 e. The Labute approximate surface area is 56.2 Å². The van der Waals surface area contributed by atoms with Gasteiger partial charge in [0.2, 0.25) is 0 Å². The van der Waals surface area contributed by atoms with Crippen molar-refractivity contribution < 1.29 is 0 Å². The highest BCUT2D eigenvalue weighted by molar-refractivity contribution is 4.91. The lowest BCUT2D eigenvalue weighted by Crippen LogP contribution is -1.48. The Kier molecular flexibility index (Phi) is 5.93. The fourth-order valence-electron chi connectivity index (χ4n) is 0.343. The van der Waals surface area contributed by atoms with E-state index in [9.17, 15) is 0 Å². The summed E-state index contributed by atoms with van der Waals surface area (Å²) >= 11 is 0. The summed E-state index contributed by atoms with van der Waals surface area (Å²) in [4.78, 5) is 0. The summed E-state index contributed by atoms with van der Waals surface area (Å²) in [6, 6.07) is 0. The molecule has 9 heavy (non-hydrogen) atoms. The Morgan fingerprint density at radius 3 is 2.67 bits per heavy atom. The summed E-state index contributed by atoms with van der Waals surface area (Å²) < 4.78 is 0. The summed E-state index contributed by atoms with van der Waals surface area (Å²) in [5.41, 5.74) is 8.31. The molecule has 0 aliphatic rings. The van der Waals surface area contributed by atoms with Gasteiger partial charge in [0.1, 0.15) is 0 Å². The molecule has 0 nitrogen and oxygen atoms in total. The van der Waals surface area contributed by atoms with Crippen LogP contribution in [-0.2, 0) is 0 Å². The number of hydrogen-bond acceptors (Lipinski definition) is 0. The van der Waals surface area contributed by atoms with Gasteiger partial charge in [-0.3, -0.25) is 0 Å². The Morgan fingerprint density at radius 2 is 2.11 bits per heavy atom. The third-order valence-electron chi connectivity index (χ3n) is 0.710. The Bertz CT molecular complexity index is 190. The van der Waals surface area contributed by atoms with Gasteiger partial charge in [-0.05, 0) is 31.6 Å². The van der Waals surface area contributed by atoms with E-state index in [0.29, 0.717) is 0 Å². The van der Waals surface area contributed by atoms with Gasteiger partial charge in [0.05, 0.1) is 0 Å². The van der Waals surface area contributed by atoms with Crippen molar-refractivity contribution >= 4 is 0 Å². The second kappa shape index (κ2) is 6.82. The van der Waals surface area contributed by atoms with E-state index < -0.39 is 0 Å². The molecule has 0 heterocycles. The summed E-state index contributed by atoms with van der Waals surface area (Å²) in [7, 11) is 0. The van der Waals surface area contributed by atoms with Crippen molar-refractivity contribution in [2.45, 2.75) is 13.3 Å². The molecule has 0 aromatic rings. The highest BCUT2D eigenvalue weighted by Crippen LogP contribution is 1.78. The molecule has 0 aromatic carbocycles. The van der Waals surface area contributed by atoms with E-state index in [1.54, 1.807) is 0 Å². The predicted octanol–water partition coefficient (Wildman–Crippen LogP) is 2.60. The zero-order valence-corrected chi connectivity index (χ0v) is 5.65. The van der Waals surface area contributed by atoms with E-state index >= 15 is 0 Å². The molecule has 0 rings (SSSR count). The maximum atomic E-state index is 3.42. The van der Waals surface area contributed by atoms with Crippen LogP contribution in [0.25, 0.3) is 0 Å². The van der Waals surface area contributed by atoms with Gasteiger partial charge in [-0.2, -0.15) is 0 Å². The van der Waals surface area contributed by atoms with E-state index in [0.717, 1.165) is 6.42 Å². The number of hydrogen-bond donors (Lipinski definition) is 0. The van der Waals surface area contributed by atoms with Crippen LogP contribution in [0, 0.1) is 0 Å². The highest BCUT2D eigenvalue weighted by atomic mass is 13.6. The summed E-state index contributed by atoms with van der Waals surface area (Å²) in [6.07, 6.45) is 6.36. The molecule has 0 unspecified atom stereocenters. The first kappa shape index (κ1) is 7.82. The van der Waals surface area contributed by atoms with Crippen molar-refractivity contribution in [1.82, 2.24) is 0 Å². The van der Waals surface area contributed by atoms with Gasteiger partial charge in [-0.15, -0.1) is 5.73 Å². The van der Waals surface area contributed by atoms with Crippen LogP contribution in [0.15, 0.2) is 42.0 Å². The quantitative estimate of drug-likeness (QED) is 0.489. The summed E-state index contributed by atoms with van der Waals surface area (Å²) in [6.45, 7) is 5.33. The first-order chi connectivity index (χ1) is 4.41. The van der Waals surface area contributed by atoms with Crippen LogP contribution in [0.3, 0.4) is 0 Å². The second-order valence-corrected chi connectivity index (χ2v) is 1.43. The van der Waals surface area contributed by atoms with E-state index in [4.69, 9.17) is 0 Å². The second-order valence-electron chi connectivity index (χ2n) is 1.43. The smallest absolute Gasteiger partial charge is 0.00105 e. The molecule has 46 valence electrons. The molecule has 0 atom stereocenters. The highest BCUT2D eigenvalue weighted by Gasteiger charge is 1.60. The normalized spacial score (nSPS) is 5.89. The molecular weight excluding hydrogens is 108 g/mol. The zero-order valence-electron chi connectivity index (χ0n) is 5.65. The molecule has 0 bridgehead atoms. The zero-order chi connectivity index (χ0) is 6.95. The molecule has 0 spiro atoms. The van der Waals surface area contributed by atoms with Crippen LogP contribution >= 0.6 is 0 Å². The average molecular weight is 118 g/mol. The molecule has 0 radical (unpaired) electrons. The SMILES string of the molecule is C=C=CCC=C=C=CC. The van der Waals surface area contributed by atoms with Gasteiger partial charge in [-0.25, -0.2) is 0 Å². The Morgan fingerprint density at radius 1 is 1.33 bits per heavy atom. The van der Waals surface area contributed by atoms with Crippen LogP contribution in [-0.4, -0.2) is 0 Å². The van der Waals surface area contributed by atoms with Crippen molar-refractivity contribution in [3.8, 4) is 0 Å². The Balaban J connectivity index is 3.74. The minimum atomic E-state index is 0.838. The van der Waals surface area contributed by atoms with Crippen LogP contribution in [0.4, 0.5) is 0 Å². The average Bonchev–Trinajstić information content (AvgIpc) is 1.89. The molecule has 0 saturated heterocycles. The van der Waals surface area contributed by atoms with E-state index in [-0.39, 0.29) is 0 Å². The lowest BCUT2D eigenvalue weighted by molar-refractivity contribution is 1.41. The van der Waals surface area contributed by atoms with Gasteiger partial charge in [-0.1, -0.05) is 18.0 Å². The standard InChI is InChI=1S/C9H10/c1-3-5-7-9-8-6-4-2/h4-5,9H,1,7H2,2H3. The van der Waals surface area contributed by atoms with Crippen molar-refractivity contribution in [1.29, 1.82) is 0 Å². The molecule has 0 N–H and O–H groups in total. The Hall–Kier alpha value is -1.18. The topological polar surface area (TPSA) is 0 Å². The lowest BCUT2D eigenvalue weighted by Gasteiger charge is -1.66. The minimum Gasteiger partial charge on any atom is -0.133 e. The molecule has 0 fully saturated rings. The molecule has 0 amide bonds. The molecule has 0 heteroatoms. The number of allylic oxidation sites excluding steroid dienone is 3. The van der Waals surface area contributed by atoms with Crippen molar-refractivity contribution in [2.24, 2.45) is 0 Å². The fraction of sp³-hybridized carbons (Fsp3) is 0.222. The third kappa shape index (κ3) is 6.82. The van der Waals surface area contributed by atoms with E-state index in [1.165, 1.54) is 0 Å². The van der Waals surface area contributed by atoms with Crippen molar-refractivity contribution in [3.05, 3.63) is 42.0 Å². The predicted molar refractivity (Wildman–Crippen MR) is 40.2 cm³/mol. The van der Waals surface area contributed by atoms with E-state index in [1.807, 2.05) is 25.2 Å². The van der Waals surface area contributed by atoms with Crippen LogP contribution in [0.2, 0.25) is 0 Å². The van der Waals surface area contributed by atoms with Crippen molar-refractivity contribution in [3.63, 3.8) is 0 Å². The molecule has 0 aliphatic carbocycles. The first-order valence-electron chi connectivity index (χ1n) is 2.86.